The minimum Gasteiger partial charge on any atom is -0.469 e. The fourth-order valence-corrected chi connectivity index (χ4v) is 1.97. The Balaban J connectivity index is 2.11. The summed E-state index contributed by atoms with van der Waals surface area (Å²) in [7, 11) is 1.41. The standard InChI is InChI=1S/C13H16N2O2/c1-17-12(16)6-3-8-15-9-7-10-4-2-5-11(14)13(10)15/h2,4-5,7,9H,3,6,8,14H2,1H3. The van der Waals surface area contributed by atoms with Crippen LogP contribution < -0.4 is 5.73 Å². The lowest BCUT2D eigenvalue weighted by Gasteiger charge is -2.06. The fraction of sp³-hybridized carbons (Fsp3) is 0.308. The van der Waals surface area contributed by atoms with Gasteiger partial charge in [0.15, 0.2) is 0 Å². The van der Waals surface area contributed by atoms with Crippen molar-refractivity contribution in [3.8, 4) is 0 Å². The number of nitrogens with zero attached hydrogens (tertiary/aromatic N) is 1. The Morgan fingerprint density at radius 3 is 3.00 bits per heavy atom. The van der Waals surface area contributed by atoms with Crippen LogP contribution >= 0.6 is 0 Å². The first-order valence-corrected chi connectivity index (χ1v) is 5.62. The van der Waals surface area contributed by atoms with Gasteiger partial charge in [0.25, 0.3) is 0 Å². The molecule has 0 unspecified atom stereocenters. The van der Waals surface area contributed by atoms with Crippen LogP contribution in [0.1, 0.15) is 12.8 Å². The van der Waals surface area contributed by atoms with Crippen LogP contribution in [0.2, 0.25) is 0 Å². The van der Waals surface area contributed by atoms with Crippen LogP contribution in [0.25, 0.3) is 10.9 Å². The molecule has 0 amide bonds. The second kappa shape index (κ2) is 4.91. The first kappa shape index (κ1) is 11.5. The number of rotatable bonds is 4. The zero-order valence-corrected chi connectivity index (χ0v) is 9.85. The number of nitrogens with two attached hydrogens (primary N) is 1. The van der Waals surface area contributed by atoms with Crippen molar-refractivity contribution in [3.63, 3.8) is 0 Å². The van der Waals surface area contributed by atoms with Crippen molar-refractivity contribution in [1.82, 2.24) is 4.57 Å². The summed E-state index contributed by atoms with van der Waals surface area (Å²) in [5.74, 6) is -0.172. The molecule has 0 atom stereocenters. The van der Waals surface area contributed by atoms with Crippen molar-refractivity contribution in [1.29, 1.82) is 0 Å². The lowest BCUT2D eigenvalue weighted by atomic mass is 10.2. The third-order valence-corrected chi connectivity index (χ3v) is 2.83. The Hall–Kier alpha value is -1.97. The molecule has 0 aliphatic carbocycles. The van der Waals surface area contributed by atoms with Gasteiger partial charge < -0.3 is 15.0 Å². The van der Waals surface area contributed by atoms with E-state index in [1.165, 1.54) is 7.11 Å². The van der Waals surface area contributed by atoms with Crippen molar-refractivity contribution in [2.45, 2.75) is 19.4 Å². The average Bonchev–Trinajstić information content (AvgIpc) is 2.74. The first-order valence-electron chi connectivity index (χ1n) is 5.62. The van der Waals surface area contributed by atoms with E-state index in [9.17, 15) is 4.79 Å². The molecule has 4 heteroatoms. The van der Waals surface area contributed by atoms with Crippen LogP contribution in [0.4, 0.5) is 5.69 Å². The first-order chi connectivity index (χ1) is 8.22. The maximum atomic E-state index is 11.0. The molecule has 1 heterocycles. The number of carbonyl (C=O) groups excluding carboxylic acids is 1. The third-order valence-electron chi connectivity index (χ3n) is 2.83. The lowest BCUT2D eigenvalue weighted by Crippen LogP contribution is -2.04. The fourth-order valence-electron chi connectivity index (χ4n) is 1.97. The Morgan fingerprint density at radius 1 is 1.41 bits per heavy atom. The predicted molar refractivity (Wildman–Crippen MR) is 67.6 cm³/mol. The molecule has 2 aromatic rings. The minimum absolute atomic E-state index is 0.172. The highest BCUT2D eigenvalue weighted by atomic mass is 16.5. The molecule has 0 saturated carbocycles. The number of carbonyl (C=O) groups is 1. The molecule has 0 bridgehead atoms. The van der Waals surface area contributed by atoms with Gasteiger partial charge in [-0.1, -0.05) is 12.1 Å². The molecule has 2 rings (SSSR count). The number of para-hydroxylation sites is 1. The van der Waals surface area contributed by atoms with Gasteiger partial charge in [-0.15, -0.1) is 0 Å². The molecule has 2 N–H and O–H groups in total. The number of hydrogen-bond acceptors (Lipinski definition) is 3. The summed E-state index contributed by atoms with van der Waals surface area (Å²) in [4.78, 5) is 11.0. The topological polar surface area (TPSA) is 57.2 Å². The third kappa shape index (κ3) is 2.41. The maximum absolute atomic E-state index is 11.0. The molecule has 0 aliphatic rings. The highest BCUT2D eigenvalue weighted by Gasteiger charge is 2.05. The van der Waals surface area contributed by atoms with Crippen molar-refractivity contribution in [2.24, 2.45) is 0 Å². The number of fused-ring (bicyclic) bond motifs is 1. The molecular formula is C13H16N2O2. The summed E-state index contributed by atoms with van der Waals surface area (Å²) in [5.41, 5.74) is 7.75. The van der Waals surface area contributed by atoms with Gasteiger partial charge in [0.1, 0.15) is 0 Å². The van der Waals surface area contributed by atoms with Gasteiger partial charge in [-0.2, -0.15) is 0 Å². The SMILES string of the molecule is COC(=O)CCCn1ccc2cccc(N)c21. The monoisotopic (exact) mass is 232 g/mol. The average molecular weight is 232 g/mol. The second-order valence-corrected chi connectivity index (χ2v) is 3.97. The number of hydrogen-bond donors (Lipinski definition) is 1. The van der Waals surface area contributed by atoms with Crippen LogP contribution in [-0.2, 0) is 16.1 Å². The smallest absolute Gasteiger partial charge is 0.305 e. The summed E-state index contributed by atoms with van der Waals surface area (Å²) in [5, 5.41) is 1.13. The van der Waals surface area contributed by atoms with Gasteiger partial charge in [-0.05, 0) is 18.6 Å². The Kier molecular flexibility index (Phi) is 3.32. The Labute approximate surface area is 100.0 Å². The summed E-state index contributed by atoms with van der Waals surface area (Å²) in [6.45, 7) is 0.771. The second-order valence-electron chi connectivity index (χ2n) is 3.97. The van der Waals surface area contributed by atoms with E-state index in [1.807, 2.05) is 30.5 Å². The molecule has 90 valence electrons. The molecule has 1 aromatic carbocycles. The number of esters is 1. The van der Waals surface area contributed by atoms with E-state index in [1.54, 1.807) is 0 Å². The van der Waals surface area contributed by atoms with Crippen LogP contribution in [-0.4, -0.2) is 17.6 Å². The number of aromatic nitrogens is 1. The highest BCUT2D eigenvalue weighted by molar-refractivity contribution is 5.90. The van der Waals surface area contributed by atoms with E-state index in [2.05, 4.69) is 9.30 Å². The number of nitrogen functional groups attached to an aromatic ring is 1. The van der Waals surface area contributed by atoms with Crippen LogP contribution in [0, 0.1) is 0 Å². The molecule has 0 fully saturated rings. The normalized spacial score (nSPS) is 10.6. The number of anilines is 1. The van der Waals surface area contributed by atoms with E-state index in [4.69, 9.17) is 5.73 Å². The van der Waals surface area contributed by atoms with Gasteiger partial charge in [0, 0.05) is 24.5 Å². The minimum atomic E-state index is -0.172. The van der Waals surface area contributed by atoms with Crippen molar-refractivity contribution < 1.29 is 9.53 Å². The van der Waals surface area contributed by atoms with Crippen LogP contribution in [0.3, 0.4) is 0 Å². The van der Waals surface area contributed by atoms with Crippen molar-refractivity contribution in [3.05, 3.63) is 30.5 Å². The largest absolute Gasteiger partial charge is 0.469 e. The van der Waals surface area contributed by atoms with Gasteiger partial charge in [-0.25, -0.2) is 0 Å². The zero-order chi connectivity index (χ0) is 12.3. The van der Waals surface area contributed by atoms with E-state index in [0.29, 0.717) is 6.42 Å². The summed E-state index contributed by atoms with van der Waals surface area (Å²) in [6, 6.07) is 7.89. The van der Waals surface area contributed by atoms with E-state index in [-0.39, 0.29) is 5.97 Å². The van der Waals surface area contributed by atoms with Gasteiger partial charge in [0.2, 0.25) is 0 Å². The summed E-state index contributed by atoms with van der Waals surface area (Å²) >= 11 is 0. The number of benzene rings is 1. The van der Waals surface area contributed by atoms with Gasteiger partial charge in [0.05, 0.1) is 18.3 Å². The van der Waals surface area contributed by atoms with Crippen molar-refractivity contribution >= 4 is 22.6 Å². The van der Waals surface area contributed by atoms with Crippen molar-refractivity contribution in [2.75, 3.05) is 12.8 Å². The highest BCUT2D eigenvalue weighted by Crippen LogP contribution is 2.22. The molecule has 0 aliphatic heterocycles. The lowest BCUT2D eigenvalue weighted by molar-refractivity contribution is -0.140. The molecule has 17 heavy (non-hydrogen) atoms. The van der Waals surface area contributed by atoms with Crippen LogP contribution in [0.5, 0.6) is 0 Å². The predicted octanol–water partition coefficient (Wildman–Crippen LogP) is 2.18. The Bertz CT molecular complexity index is 531. The summed E-state index contributed by atoms with van der Waals surface area (Å²) in [6.07, 6.45) is 3.19. The van der Waals surface area contributed by atoms with Gasteiger partial charge in [-0.3, -0.25) is 4.79 Å². The zero-order valence-electron chi connectivity index (χ0n) is 9.85. The summed E-state index contributed by atoms with van der Waals surface area (Å²) < 4.78 is 6.68. The van der Waals surface area contributed by atoms with Crippen LogP contribution in [0.15, 0.2) is 30.5 Å². The molecule has 1 aromatic heterocycles. The molecular weight excluding hydrogens is 216 g/mol. The molecule has 0 spiro atoms. The number of methoxy groups -OCH3 is 1. The number of ether oxygens (including phenoxy) is 1. The quantitative estimate of drug-likeness (QED) is 0.649. The molecule has 0 saturated heterocycles. The number of aryl methyl sites for hydroxylation is 1. The molecule has 4 nitrogen and oxygen atoms in total. The Morgan fingerprint density at radius 2 is 2.24 bits per heavy atom. The van der Waals surface area contributed by atoms with Gasteiger partial charge >= 0.3 is 5.97 Å². The maximum Gasteiger partial charge on any atom is 0.305 e. The molecule has 0 radical (unpaired) electrons. The van der Waals surface area contributed by atoms with E-state index >= 15 is 0 Å². The van der Waals surface area contributed by atoms with E-state index in [0.717, 1.165) is 29.6 Å². The van der Waals surface area contributed by atoms with E-state index < -0.39 is 0 Å².